The predicted octanol–water partition coefficient (Wildman–Crippen LogP) is 4.60. The monoisotopic (exact) mass is 399 g/mol. The van der Waals surface area contributed by atoms with Gasteiger partial charge in [0, 0.05) is 23.9 Å². The Morgan fingerprint density at radius 3 is 2.34 bits per heavy atom. The second-order valence-corrected chi connectivity index (χ2v) is 6.52. The highest BCUT2D eigenvalue weighted by molar-refractivity contribution is 5.91. The summed E-state index contributed by atoms with van der Waals surface area (Å²) in [5.74, 6) is -2.21. The molecule has 2 aromatic rings. The van der Waals surface area contributed by atoms with Crippen LogP contribution in [0.4, 0.5) is 13.6 Å². The van der Waals surface area contributed by atoms with Crippen molar-refractivity contribution in [3.63, 3.8) is 0 Å². The number of allylic oxidation sites excluding steroid dienone is 2. The number of carbonyl (C=O) groups is 2. The second kappa shape index (κ2) is 8.68. The fourth-order valence-electron chi connectivity index (χ4n) is 3.11. The Hall–Kier alpha value is -3.48. The van der Waals surface area contributed by atoms with Crippen LogP contribution in [0.15, 0.2) is 72.1 Å². The number of amides is 1. The third-order valence-electron chi connectivity index (χ3n) is 4.43. The normalized spacial score (nSPS) is 16.0. The smallest absolute Gasteiger partial charge is 0.423 e. The molecular formula is C22H19F2NO4. The Morgan fingerprint density at radius 2 is 1.72 bits per heavy atom. The number of hydrogen-bond acceptors (Lipinski definition) is 4. The summed E-state index contributed by atoms with van der Waals surface area (Å²) in [6.07, 6.45) is 2.48. The minimum Gasteiger partial charge on any atom is -0.466 e. The number of methoxy groups -OCH3 is 1. The molecule has 1 atom stereocenters. The lowest BCUT2D eigenvalue weighted by Crippen LogP contribution is -2.33. The Labute approximate surface area is 166 Å². The van der Waals surface area contributed by atoms with Crippen LogP contribution in [0.3, 0.4) is 0 Å². The molecule has 1 aliphatic heterocycles. The van der Waals surface area contributed by atoms with Crippen molar-refractivity contribution in [3.8, 4) is 5.75 Å². The van der Waals surface area contributed by atoms with Gasteiger partial charge in [-0.2, -0.15) is 0 Å². The molecule has 1 amide bonds. The van der Waals surface area contributed by atoms with Gasteiger partial charge in [0.25, 0.3) is 0 Å². The maximum absolute atomic E-state index is 13.5. The van der Waals surface area contributed by atoms with Gasteiger partial charge in [-0.3, -0.25) is 4.90 Å². The summed E-state index contributed by atoms with van der Waals surface area (Å²) < 4.78 is 37.2. The van der Waals surface area contributed by atoms with Crippen LogP contribution in [0.5, 0.6) is 5.75 Å². The molecule has 29 heavy (non-hydrogen) atoms. The van der Waals surface area contributed by atoms with Crippen LogP contribution < -0.4 is 4.74 Å². The van der Waals surface area contributed by atoms with Crippen molar-refractivity contribution in [2.24, 2.45) is 5.92 Å². The lowest BCUT2D eigenvalue weighted by atomic mass is 9.89. The van der Waals surface area contributed by atoms with Crippen molar-refractivity contribution in [2.75, 3.05) is 7.11 Å². The van der Waals surface area contributed by atoms with Gasteiger partial charge in [0.1, 0.15) is 17.4 Å². The van der Waals surface area contributed by atoms with Crippen LogP contribution in [0, 0.1) is 17.6 Å². The van der Waals surface area contributed by atoms with Crippen LogP contribution in [0.1, 0.15) is 12.5 Å². The van der Waals surface area contributed by atoms with Crippen molar-refractivity contribution in [1.82, 2.24) is 4.90 Å². The van der Waals surface area contributed by atoms with Crippen LogP contribution >= 0.6 is 0 Å². The van der Waals surface area contributed by atoms with Crippen molar-refractivity contribution < 1.29 is 27.8 Å². The fourth-order valence-corrected chi connectivity index (χ4v) is 3.11. The van der Waals surface area contributed by atoms with Crippen molar-refractivity contribution in [3.05, 3.63) is 89.3 Å². The van der Waals surface area contributed by atoms with E-state index in [1.165, 1.54) is 30.3 Å². The molecule has 2 aromatic carbocycles. The highest BCUT2D eigenvalue weighted by Crippen LogP contribution is 2.29. The van der Waals surface area contributed by atoms with Gasteiger partial charge in [0.05, 0.1) is 12.7 Å². The molecule has 0 radical (unpaired) electrons. The first-order chi connectivity index (χ1) is 13.9. The quantitative estimate of drug-likeness (QED) is 0.705. The zero-order valence-electron chi connectivity index (χ0n) is 15.9. The molecular weight excluding hydrogens is 380 g/mol. The van der Waals surface area contributed by atoms with Crippen molar-refractivity contribution in [1.29, 1.82) is 0 Å². The number of para-hydroxylation sites is 1. The molecule has 0 N–H and O–H groups in total. The first kappa shape index (κ1) is 20.3. The molecule has 0 unspecified atom stereocenters. The third-order valence-corrected chi connectivity index (χ3v) is 4.43. The van der Waals surface area contributed by atoms with Crippen molar-refractivity contribution >= 4 is 12.1 Å². The summed E-state index contributed by atoms with van der Waals surface area (Å²) in [6, 6.07) is 11.7. The maximum Gasteiger partial charge on any atom is 0.423 e. The van der Waals surface area contributed by atoms with E-state index in [2.05, 4.69) is 0 Å². The fraction of sp³-hybridized carbons (Fsp3) is 0.182. The highest BCUT2D eigenvalue weighted by atomic mass is 19.1. The molecule has 0 aromatic heterocycles. The van der Waals surface area contributed by atoms with Gasteiger partial charge in [0.15, 0.2) is 0 Å². The van der Waals surface area contributed by atoms with E-state index in [0.717, 1.165) is 6.07 Å². The van der Waals surface area contributed by atoms with E-state index in [-0.39, 0.29) is 12.0 Å². The molecule has 7 heteroatoms. The number of halogens is 2. The van der Waals surface area contributed by atoms with Crippen LogP contribution in [-0.2, 0) is 16.0 Å². The van der Waals surface area contributed by atoms with Gasteiger partial charge in [0.2, 0.25) is 0 Å². The number of ether oxygens (including phenoxy) is 2. The van der Waals surface area contributed by atoms with E-state index < -0.39 is 29.6 Å². The maximum atomic E-state index is 13.5. The van der Waals surface area contributed by atoms with Gasteiger partial charge < -0.3 is 9.47 Å². The zero-order valence-corrected chi connectivity index (χ0v) is 15.9. The molecule has 0 saturated carbocycles. The average molecular weight is 399 g/mol. The van der Waals surface area contributed by atoms with E-state index in [0.29, 0.717) is 17.0 Å². The Balaban J connectivity index is 1.87. The molecule has 0 saturated heterocycles. The van der Waals surface area contributed by atoms with E-state index >= 15 is 0 Å². The second-order valence-electron chi connectivity index (χ2n) is 6.52. The number of benzene rings is 2. The first-order valence-electron chi connectivity index (χ1n) is 8.87. The summed E-state index contributed by atoms with van der Waals surface area (Å²) in [7, 11) is 1.22. The van der Waals surface area contributed by atoms with Crippen molar-refractivity contribution in [2.45, 2.75) is 13.3 Å². The summed E-state index contributed by atoms with van der Waals surface area (Å²) in [5.41, 5.74) is 1.07. The zero-order chi connectivity index (χ0) is 21.0. The first-order valence-corrected chi connectivity index (χ1v) is 8.87. The SMILES string of the molecule is COC(=O)C1=CN(C(=O)Oc2ccccc2)C(C)=C[C@@H]1Cc1cc(F)cc(F)c1. The molecule has 5 nitrogen and oxygen atoms in total. The van der Waals surface area contributed by atoms with E-state index in [4.69, 9.17) is 9.47 Å². The molecule has 0 fully saturated rings. The molecule has 1 aliphatic rings. The molecule has 3 rings (SSSR count). The lowest BCUT2D eigenvalue weighted by molar-refractivity contribution is -0.136. The largest absolute Gasteiger partial charge is 0.466 e. The van der Waals surface area contributed by atoms with E-state index in [1.54, 1.807) is 43.3 Å². The molecule has 0 aliphatic carbocycles. The van der Waals surface area contributed by atoms with Crippen LogP contribution in [-0.4, -0.2) is 24.1 Å². The van der Waals surface area contributed by atoms with E-state index in [9.17, 15) is 18.4 Å². The highest BCUT2D eigenvalue weighted by Gasteiger charge is 2.29. The summed E-state index contributed by atoms with van der Waals surface area (Å²) in [4.78, 5) is 26.0. The lowest BCUT2D eigenvalue weighted by Gasteiger charge is -2.28. The average Bonchev–Trinajstić information content (AvgIpc) is 2.67. The molecule has 0 bridgehead atoms. The van der Waals surface area contributed by atoms with E-state index in [1.807, 2.05) is 0 Å². The Kier molecular flexibility index (Phi) is 6.07. The Morgan fingerprint density at radius 1 is 1.07 bits per heavy atom. The topological polar surface area (TPSA) is 55.8 Å². The number of rotatable bonds is 4. The molecule has 0 spiro atoms. The van der Waals surface area contributed by atoms with Gasteiger partial charge in [-0.05, 0) is 43.2 Å². The van der Waals surface area contributed by atoms with Crippen LogP contribution in [0.25, 0.3) is 0 Å². The van der Waals surface area contributed by atoms with Gasteiger partial charge in [-0.25, -0.2) is 18.4 Å². The number of nitrogens with zero attached hydrogens (tertiary/aromatic N) is 1. The minimum absolute atomic E-state index is 0.161. The standard InChI is InChI=1S/C22H19F2NO4/c1-14-8-16(9-15-10-17(23)12-18(24)11-15)20(21(26)28-2)13-25(14)22(27)29-19-6-4-3-5-7-19/h3-8,10-13,16H,9H2,1-2H3/t16-/m1/s1. The molecule has 150 valence electrons. The number of carbonyl (C=O) groups excluding carboxylic acids is 2. The summed E-state index contributed by atoms with van der Waals surface area (Å²) in [6.45, 7) is 1.68. The Bertz CT molecular complexity index is 965. The summed E-state index contributed by atoms with van der Waals surface area (Å²) >= 11 is 0. The number of hydrogen-bond donors (Lipinski definition) is 0. The van der Waals surface area contributed by atoms with Gasteiger partial charge >= 0.3 is 12.1 Å². The van der Waals surface area contributed by atoms with Gasteiger partial charge in [-0.15, -0.1) is 0 Å². The van der Waals surface area contributed by atoms with Gasteiger partial charge in [-0.1, -0.05) is 24.3 Å². The van der Waals surface area contributed by atoms with Crippen LogP contribution in [0.2, 0.25) is 0 Å². The summed E-state index contributed by atoms with van der Waals surface area (Å²) in [5, 5.41) is 0. The number of esters is 1. The minimum atomic E-state index is -0.701. The predicted molar refractivity (Wildman–Crippen MR) is 102 cm³/mol. The third kappa shape index (κ3) is 4.87. The molecule has 1 heterocycles.